The van der Waals surface area contributed by atoms with E-state index < -0.39 is 22.2 Å². The molecule has 9 heteroatoms. The zero-order valence-corrected chi connectivity index (χ0v) is 16.0. The summed E-state index contributed by atoms with van der Waals surface area (Å²) in [5.74, 6) is -1.38. The van der Waals surface area contributed by atoms with Crippen molar-refractivity contribution in [2.24, 2.45) is 0 Å². The lowest BCUT2D eigenvalue weighted by Gasteiger charge is -2.22. The molecule has 1 unspecified atom stereocenters. The van der Waals surface area contributed by atoms with Gasteiger partial charge in [-0.3, -0.25) is 14.9 Å². The Morgan fingerprint density at radius 2 is 2.07 bits per heavy atom. The number of nitro groups is 1. The topological polar surface area (TPSA) is 122 Å². The first-order valence-electron chi connectivity index (χ1n) is 8.67. The second kappa shape index (κ2) is 7.00. The fourth-order valence-electron chi connectivity index (χ4n) is 3.45. The number of allylic oxidation sites excluding steroid dienone is 1. The van der Waals surface area contributed by atoms with Gasteiger partial charge in [0, 0.05) is 10.4 Å². The van der Waals surface area contributed by atoms with Crippen molar-refractivity contribution in [3.8, 4) is 11.8 Å². The first-order valence-corrected chi connectivity index (χ1v) is 9.55. The Bertz CT molecular complexity index is 1250. The standard InChI is InChI=1S/C20H14N4O4S/c1-11-4-6-12(7-5-11)23-20(26)15(10-21)13-9-14(16-3-2-8-29-16)18(24(27)28)19(25)17(13)22-23/h2-8,14,25H,9H2,1H3. The van der Waals surface area contributed by atoms with Gasteiger partial charge in [-0.15, -0.1) is 11.3 Å². The molecular formula is C20H14N4O4S. The molecule has 0 fully saturated rings. The van der Waals surface area contributed by atoms with Gasteiger partial charge in [-0.05, 0) is 36.9 Å². The van der Waals surface area contributed by atoms with Gasteiger partial charge < -0.3 is 5.11 Å². The SMILES string of the molecule is Cc1ccc(-n2nc3c(c(C#N)c2=O)CC(c2cccs2)C([N+](=O)[O-])=C3O)cc1. The number of aliphatic hydroxyl groups excluding tert-OH is 1. The highest BCUT2D eigenvalue weighted by Gasteiger charge is 2.40. The van der Waals surface area contributed by atoms with Gasteiger partial charge in [0.2, 0.25) is 5.76 Å². The summed E-state index contributed by atoms with van der Waals surface area (Å²) in [6.07, 6.45) is 0.0378. The van der Waals surface area contributed by atoms with Crippen molar-refractivity contribution in [2.75, 3.05) is 0 Å². The Hall–Kier alpha value is -3.77. The summed E-state index contributed by atoms with van der Waals surface area (Å²) in [7, 11) is 0. The molecule has 8 nitrogen and oxygen atoms in total. The zero-order valence-electron chi connectivity index (χ0n) is 15.2. The summed E-state index contributed by atoms with van der Waals surface area (Å²) >= 11 is 1.31. The van der Waals surface area contributed by atoms with Gasteiger partial charge in [-0.1, -0.05) is 23.8 Å². The van der Waals surface area contributed by atoms with E-state index in [0.29, 0.717) is 10.6 Å². The van der Waals surface area contributed by atoms with Crippen LogP contribution in [-0.2, 0) is 6.42 Å². The second-order valence-corrected chi connectivity index (χ2v) is 7.61. The number of nitriles is 1. The Balaban J connectivity index is 2.00. The van der Waals surface area contributed by atoms with Crippen LogP contribution in [0.25, 0.3) is 11.4 Å². The molecule has 1 atom stereocenters. The highest BCUT2D eigenvalue weighted by Crippen LogP contribution is 2.40. The molecule has 29 heavy (non-hydrogen) atoms. The molecule has 1 aliphatic carbocycles. The van der Waals surface area contributed by atoms with E-state index in [0.717, 1.165) is 10.2 Å². The normalized spacial score (nSPS) is 15.7. The number of hydrogen-bond acceptors (Lipinski definition) is 7. The van der Waals surface area contributed by atoms with Gasteiger partial charge in [-0.25, -0.2) is 0 Å². The van der Waals surface area contributed by atoms with Gasteiger partial charge in [0.1, 0.15) is 17.3 Å². The molecule has 3 aromatic rings. The van der Waals surface area contributed by atoms with Crippen LogP contribution in [0.5, 0.6) is 0 Å². The lowest BCUT2D eigenvalue weighted by molar-refractivity contribution is -0.430. The molecule has 0 bridgehead atoms. The molecule has 2 heterocycles. The maximum atomic E-state index is 12.9. The molecule has 1 aromatic carbocycles. The van der Waals surface area contributed by atoms with Crippen molar-refractivity contribution < 1.29 is 10.0 Å². The number of nitrogens with zero attached hydrogens (tertiary/aromatic N) is 4. The van der Waals surface area contributed by atoms with Crippen LogP contribution in [0.2, 0.25) is 0 Å². The van der Waals surface area contributed by atoms with E-state index in [4.69, 9.17) is 0 Å². The van der Waals surface area contributed by atoms with Crippen molar-refractivity contribution >= 4 is 17.1 Å². The van der Waals surface area contributed by atoms with E-state index in [-0.39, 0.29) is 28.9 Å². The molecule has 0 aliphatic heterocycles. The summed E-state index contributed by atoms with van der Waals surface area (Å²) in [6, 6.07) is 12.2. The van der Waals surface area contributed by atoms with Crippen LogP contribution < -0.4 is 5.56 Å². The number of hydrogen-bond donors (Lipinski definition) is 1. The summed E-state index contributed by atoms with van der Waals surface area (Å²) in [5.41, 5.74) is 0.297. The van der Waals surface area contributed by atoms with E-state index >= 15 is 0 Å². The van der Waals surface area contributed by atoms with Crippen LogP contribution in [0.1, 0.15) is 33.2 Å². The van der Waals surface area contributed by atoms with Crippen LogP contribution in [-0.4, -0.2) is 19.8 Å². The van der Waals surface area contributed by atoms with E-state index in [1.807, 2.05) is 13.0 Å². The Kier molecular flexibility index (Phi) is 4.48. The quantitative estimate of drug-likeness (QED) is 0.526. The zero-order chi connectivity index (χ0) is 20.7. The number of aryl methyl sites for hydroxylation is 1. The average molecular weight is 406 g/mol. The van der Waals surface area contributed by atoms with Crippen molar-refractivity contribution in [1.82, 2.24) is 9.78 Å². The summed E-state index contributed by atoms with van der Waals surface area (Å²) in [5, 5.41) is 38.1. The molecule has 0 saturated heterocycles. The minimum Gasteiger partial charge on any atom is -0.501 e. The number of fused-ring (bicyclic) bond motifs is 1. The third-order valence-corrected chi connectivity index (χ3v) is 5.86. The van der Waals surface area contributed by atoms with E-state index in [1.54, 1.807) is 41.8 Å². The average Bonchev–Trinajstić information content (AvgIpc) is 3.23. The fourth-order valence-corrected chi connectivity index (χ4v) is 4.28. The highest BCUT2D eigenvalue weighted by atomic mass is 32.1. The summed E-state index contributed by atoms with van der Waals surface area (Å²) in [6.45, 7) is 1.89. The number of benzene rings is 1. The lowest BCUT2D eigenvalue weighted by atomic mass is 9.85. The van der Waals surface area contributed by atoms with Gasteiger partial charge in [0.15, 0.2) is 0 Å². The highest BCUT2D eigenvalue weighted by molar-refractivity contribution is 7.10. The number of aliphatic hydroxyl groups is 1. The first kappa shape index (κ1) is 18.6. The Labute approximate surface area is 168 Å². The first-order chi connectivity index (χ1) is 13.9. The van der Waals surface area contributed by atoms with Crippen molar-refractivity contribution in [3.63, 3.8) is 0 Å². The molecule has 0 amide bonds. The maximum Gasteiger partial charge on any atom is 0.298 e. The van der Waals surface area contributed by atoms with Crippen LogP contribution in [0, 0.1) is 28.4 Å². The summed E-state index contributed by atoms with van der Waals surface area (Å²) < 4.78 is 0.996. The van der Waals surface area contributed by atoms with E-state index in [1.165, 1.54) is 11.3 Å². The van der Waals surface area contributed by atoms with Crippen LogP contribution in [0.3, 0.4) is 0 Å². The molecule has 4 rings (SSSR count). The van der Waals surface area contributed by atoms with Crippen LogP contribution >= 0.6 is 11.3 Å². The smallest absolute Gasteiger partial charge is 0.298 e. The monoisotopic (exact) mass is 406 g/mol. The maximum absolute atomic E-state index is 12.9. The van der Waals surface area contributed by atoms with Crippen LogP contribution in [0.4, 0.5) is 0 Å². The van der Waals surface area contributed by atoms with Gasteiger partial charge in [0.25, 0.3) is 11.3 Å². The lowest BCUT2D eigenvalue weighted by Crippen LogP contribution is -2.31. The number of aromatic nitrogens is 2. The molecule has 0 saturated carbocycles. The molecule has 2 aromatic heterocycles. The Morgan fingerprint density at radius 3 is 2.66 bits per heavy atom. The molecule has 1 N–H and O–H groups in total. The fraction of sp³-hybridized carbons (Fsp3) is 0.150. The van der Waals surface area contributed by atoms with Crippen molar-refractivity contribution in [1.29, 1.82) is 5.26 Å². The van der Waals surface area contributed by atoms with Crippen LogP contribution in [0.15, 0.2) is 52.3 Å². The number of thiophene rings is 1. The van der Waals surface area contributed by atoms with Gasteiger partial charge >= 0.3 is 0 Å². The third kappa shape index (κ3) is 2.99. The molecule has 144 valence electrons. The molecular weight excluding hydrogens is 392 g/mol. The predicted octanol–water partition coefficient (Wildman–Crippen LogP) is 3.32. The molecule has 0 spiro atoms. The minimum atomic E-state index is -0.763. The Morgan fingerprint density at radius 1 is 1.34 bits per heavy atom. The van der Waals surface area contributed by atoms with Crippen molar-refractivity contribution in [2.45, 2.75) is 19.3 Å². The predicted molar refractivity (Wildman–Crippen MR) is 107 cm³/mol. The molecule has 1 aliphatic rings. The number of rotatable bonds is 3. The van der Waals surface area contributed by atoms with E-state index in [2.05, 4.69) is 5.10 Å². The summed E-state index contributed by atoms with van der Waals surface area (Å²) in [4.78, 5) is 24.7. The third-order valence-electron chi connectivity index (χ3n) is 4.87. The largest absolute Gasteiger partial charge is 0.501 e. The van der Waals surface area contributed by atoms with Crippen molar-refractivity contribution in [3.05, 3.63) is 95.2 Å². The second-order valence-electron chi connectivity index (χ2n) is 6.63. The van der Waals surface area contributed by atoms with Gasteiger partial charge in [-0.2, -0.15) is 15.0 Å². The molecule has 0 radical (unpaired) electrons. The van der Waals surface area contributed by atoms with E-state index in [9.17, 15) is 25.3 Å². The van der Waals surface area contributed by atoms with Gasteiger partial charge in [0.05, 0.1) is 16.5 Å². The minimum absolute atomic E-state index is 0.0378.